The molecule has 1 aromatic carbocycles. The van der Waals surface area contributed by atoms with Crippen LogP contribution in [0.25, 0.3) is 10.9 Å². The molecule has 132 valence electrons. The topological polar surface area (TPSA) is 51.4 Å². The maximum Gasteiger partial charge on any atom is 0.0953 e. The Kier molecular flexibility index (Phi) is 6.84. The predicted molar refractivity (Wildman–Crippen MR) is 103 cm³/mol. The van der Waals surface area contributed by atoms with E-state index < -0.39 is 0 Å². The van der Waals surface area contributed by atoms with E-state index in [0.717, 1.165) is 48.1 Å². The van der Waals surface area contributed by atoms with Gasteiger partial charge in [-0.3, -0.25) is 4.98 Å². The zero-order valence-corrected chi connectivity index (χ0v) is 15.8. The zero-order valence-electron chi connectivity index (χ0n) is 15.1. The molecule has 2 N–H and O–H groups in total. The number of benzene rings is 1. The molecule has 0 saturated carbocycles. The summed E-state index contributed by atoms with van der Waals surface area (Å²) >= 11 is 6.43. The van der Waals surface area contributed by atoms with Gasteiger partial charge < -0.3 is 15.4 Å². The Bertz CT molecular complexity index is 675. The van der Waals surface area contributed by atoms with Crippen molar-refractivity contribution in [2.45, 2.75) is 45.8 Å². The number of hydrogen-bond acceptors (Lipinski definition) is 4. The van der Waals surface area contributed by atoms with Crippen LogP contribution in [0.15, 0.2) is 24.4 Å². The average molecular weight is 350 g/mol. The minimum atomic E-state index is -0.0955. The molecule has 1 aliphatic rings. The van der Waals surface area contributed by atoms with Crippen molar-refractivity contribution in [3.05, 3.63) is 35.0 Å². The van der Waals surface area contributed by atoms with Gasteiger partial charge in [-0.1, -0.05) is 25.4 Å². The Morgan fingerprint density at radius 2 is 2.17 bits per heavy atom. The highest BCUT2D eigenvalue weighted by Crippen LogP contribution is 2.38. The minimum Gasteiger partial charge on any atom is -0.380 e. The van der Waals surface area contributed by atoms with Gasteiger partial charge in [0.1, 0.15) is 0 Å². The molecule has 5 heteroatoms. The highest BCUT2D eigenvalue weighted by atomic mass is 35.5. The fourth-order valence-electron chi connectivity index (χ4n) is 3.22. The van der Waals surface area contributed by atoms with Crippen LogP contribution in [0.2, 0.25) is 5.02 Å². The van der Waals surface area contributed by atoms with Gasteiger partial charge in [0.2, 0.25) is 0 Å². The third-order valence-corrected chi connectivity index (χ3v) is 4.68. The molecule has 2 unspecified atom stereocenters. The van der Waals surface area contributed by atoms with Crippen molar-refractivity contribution in [2.24, 2.45) is 5.73 Å². The molecule has 2 atom stereocenters. The first kappa shape index (κ1) is 19.0. The van der Waals surface area contributed by atoms with Crippen LogP contribution in [0.3, 0.4) is 0 Å². The molecule has 1 aromatic heterocycles. The Labute approximate surface area is 149 Å². The van der Waals surface area contributed by atoms with Crippen LogP contribution in [0.4, 0.5) is 5.69 Å². The lowest BCUT2D eigenvalue weighted by molar-refractivity contribution is 0.0893. The molecule has 0 spiro atoms. The summed E-state index contributed by atoms with van der Waals surface area (Å²) in [6, 6.07) is 5.82. The summed E-state index contributed by atoms with van der Waals surface area (Å²) in [5.74, 6) is 0. The fraction of sp³-hybridized carbons (Fsp3) is 0.526. The van der Waals surface area contributed by atoms with Gasteiger partial charge in [0.15, 0.2) is 0 Å². The number of fused-ring (bicyclic) bond motifs is 1. The highest BCUT2D eigenvalue weighted by Gasteiger charge is 2.25. The molecule has 1 aliphatic heterocycles. The molecule has 2 heterocycles. The van der Waals surface area contributed by atoms with Crippen molar-refractivity contribution < 1.29 is 4.74 Å². The Hall–Kier alpha value is -1.36. The van der Waals surface area contributed by atoms with Crippen LogP contribution in [-0.2, 0) is 4.74 Å². The van der Waals surface area contributed by atoms with Gasteiger partial charge in [-0.25, -0.2) is 0 Å². The zero-order chi connectivity index (χ0) is 17.7. The molecule has 24 heavy (non-hydrogen) atoms. The smallest absolute Gasteiger partial charge is 0.0953 e. The molecule has 1 fully saturated rings. The lowest BCUT2D eigenvalue weighted by Gasteiger charge is -2.36. The molecule has 0 radical (unpaired) electrons. The van der Waals surface area contributed by atoms with Gasteiger partial charge in [-0.2, -0.15) is 0 Å². The Morgan fingerprint density at radius 1 is 1.42 bits per heavy atom. The lowest BCUT2D eigenvalue weighted by atomic mass is 9.99. The van der Waals surface area contributed by atoms with E-state index in [1.165, 1.54) is 0 Å². The van der Waals surface area contributed by atoms with E-state index in [9.17, 15) is 0 Å². The first-order valence-corrected chi connectivity index (χ1v) is 9.10. The van der Waals surface area contributed by atoms with Crippen molar-refractivity contribution in [3.8, 4) is 0 Å². The number of nitrogens with zero attached hydrogens (tertiary/aromatic N) is 2. The van der Waals surface area contributed by atoms with Crippen molar-refractivity contribution >= 4 is 28.2 Å². The summed E-state index contributed by atoms with van der Waals surface area (Å²) < 4.78 is 5.56. The molecule has 1 saturated heterocycles. The molecule has 3 rings (SSSR count). The molecular formula is C19H28ClN3O. The van der Waals surface area contributed by atoms with Crippen LogP contribution in [-0.4, -0.2) is 31.3 Å². The number of anilines is 1. The van der Waals surface area contributed by atoms with Gasteiger partial charge in [0.05, 0.1) is 22.3 Å². The summed E-state index contributed by atoms with van der Waals surface area (Å²) in [6.07, 6.45) is 4.27. The first-order valence-electron chi connectivity index (χ1n) is 8.72. The van der Waals surface area contributed by atoms with Gasteiger partial charge in [0, 0.05) is 37.8 Å². The van der Waals surface area contributed by atoms with Crippen LogP contribution in [0.1, 0.15) is 45.2 Å². The van der Waals surface area contributed by atoms with Crippen molar-refractivity contribution in [1.29, 1.82) is 0 Å². The van der Waals surface area contributed by atoms with Crippen LogP contribution in [0.5, 0.6) is 0 Å². The molecule has 4 nitrogen and oxygen atoms in total. The summed E-state index contributed by atoms with van der Waals surface area (Å²) in [5.41, 5.74) is 9.29. The predicted octanol–water partition coefficient (Wildman–Crippen LogP) is 4.55. The first-order chi connectivity index (χ1) is 11.6. The number of nitrogens with two attached hydrogens (primary N) is 1. The van der Waals surface area contributed by atoms with E-state index in [2.05, 4.69) is 9.88 Å². The molecule has 0 bridgehead atoms. The van der Waals surface area contributed by atoms with Gasteiger partial charge in [0.25, 0.3) is 0 Å². The van der Waals surface area contributed by atoms with E-state index in [0.29, 0.717) is 5.02 Å². The van der Waals surface area contributed by atoms with Gasteiger partial charge >= 0.3 is 0 Å². The number of halogens is 1. The Morgan fingerprint density at radius 3 is 2.83 bits per heavy atom. The van der Waals surface area contributed by atoms with E-state index in [1.54, 1.807) is 7.11 Å². The van der Waals surface area contributed by atoms with Crippen LogP contribution in [0, 0.1) is 0 Å². The minimum absolute atomic E-state index is 0.0955. The van der Waals surface area contributed by atoms with E-state index in [-0.39, 0.29) is 12.1 Å². The SMILES string of the molecule is CC.COC1CCCN(c2c(C(C)N)cc(Cl)c3cccnc23)C1. The lowest BCUT2D eigenvalue weighted by Crippen LogP contribution is -2.40. The van der Waals surface area contributed by atoms with E-state index >= 15 is 0 Å². The second kappa shape index (κ2) is 8.65. The summed E-state index contributed by atoms with van der Waals surface area (Å²) in [7, 11) is 1.78. The second-order valence-corrected chi connectivity index (χ2v) is 6.34. The number of piperidine rings is 1. The quantitative estimate of drug-likeness (QED) is 0.883. The Balaban J connectivity index is 0.00000100. The van der Waals surface area contributed by atoms with E-state index in [1.807, 2.05) is 45.2 Å². The third kappa shape index (κ3) is 3.82. The summed E-state index contributed by atoms with van der Waals surface area (Å²) in [5, 5.41) is 1.68. The number of rotatable bonds is 3. The highest BCUT2D eigenvalue weighted by molar-refractivity contribution is 6.36. The number of methoxy groups -OCH3 is 1. The molecule has 0 aliphatic carbocycles. The van der Waals surface area contributed by atoms with Crippen LogP contribution < -0.4 is 10.6 Å². The largest absolute Gasteiger partial charge is 0.380 e. The summed E-state index contributed by atoms with van der Waals surface area (Å²) in [4.78, 5) is 6.94. The fourth-order valence-corrected chi connectivity index (χ4v) is 3.49. The van der Waals surface area contributed by atoms with Gasteiger partial charge in [-0.05, 0) is 43.5 Å². The van der Waals surface area contributed by atoms with Crippen molar-refractivity contribution in [1.82, 2.24) is 4.98 Å². The third-order valence-electron chi connectivity index (χ3n) is 4.36. The van der Waals surface area contributed by atoms with Crippen molar-refractivity contribution in [2.75, 3.05) is 25.1 Å². The molecular weight excluding hydrogens is 322 g/mol. The van der Waals surface area contributed by atoms with Gasteiger partial charge in [-0.15, -0.1) is 0 Å². The average Bonchev–Trinajstić information content (AvgIpc) is 2.63. The number of aromatic nitrogens is 1. The summed E-state index contributed by atoms with van der Waals surface area (Å²) in [6.45, 7) is 7.85. The molecule has 2 aromatic rings. The van der Waals surface area contributed by atoms with E-state index in [4.69, 9.17) is 22.1 Å². The molecule has 0 amide bonds. The maximum absolute atomic E-state index is 6.43. The number of pyridine rings is 1. The monoisotopic (exact) mass is 349 g/mol. The number of hydrogen-bond donors (Lipinski definition) is 1. The number of ether oxygens (including phenoxy) is 1. The standard InChI is InChI=1S/C17H22ClN3O.C2H6/c1-11(19)14-9-15(18)13-6-3-7-20-16(13)17(14)21-8-4-5-12(10-21)22-2;1-2/h3,6-7,9,11-12H,4-5,8,10,19H2,1-2H3;1-2H3. The second-order valence-electron chi connectivity index (χ2n) is 5.93. The van der Waals surface area contributed by atoms with Crippen LogP contribution >= 0.6 is 11.6 Å². The van der Waals surface area contributed by atoms with Crippen molar-refractivity contribution in [3.63, 3.8) is 0 Å². The normalized spacial score (nSPS) is 18.9. The maximum atomic E-state index is 6.43.